The van der Waals surface area contributed by atoms with Crippen LogP contribution in [0.3, 0.4) is 0 Å². The lowest BCUT2D eigenvalue weighted by Gasteiger charge is -2.34. The van der Waals surface area contributed by atoms with Crippen molar-refractivity contribution in [1.29, 1.82) is 0 Å². The lowest BCUT2D eigenvalue weighted by Crippen LogP contribution is -2.54. The minimum absolute atomic E-state index is 0.231. The quantitative estimate of drug-likeness (QED) is 0.736. The van der Waals surface area contributed by atoms with E-state index in [1.807, 2.05) is 6.92 Å². The number of H-pyrrole nitrogens is 1. The number of imidazole rings is 1. The number of hydrazine groups is 1. The summed E-state index contributed by atoms with van der Waals surface area (Å²) in [5, 5.41) is 4.15. The Balaban J connectivity index is 1.77. The van der Waals surface area contributed by atoms with E-state index in [9.17, 15) is 18.0 Å². The van der Waals surface area contributed by atoms with Crippen LogP contribution in [0, 0.1) is 13.8 Å². The number of alkyl halides is 3. The van der Waals surface area contributed by atoms with Crippen molar-refractivity contribution < 1.29 is 18.0 Å². The number of fused-ring (bicyclic) bond motifs is 1. The number of nitrogens with zero attached hydrogens (tertiary/aromatic N) is 2. The molecule has 1 aromatic carbocycles. The van der Waals surface area contributed by atoms with Crippen molar-refractivity contribution in [2.75, 3.05) is 0 Å². The number of carbonyl (C=O) groups is 1. The van der Waals surface area contributed by atoms with Crippen molar-refractivity contribution in [2.45, 2.75) is 45.1 Å². The smallest absolute Gasteiger partial charge is 0.366 e. The highest BCUT2D eigenvalue weighted by atomic mass is 19.4. The molecule has 0 bridgehead atoms. The maximum Gasteiger partial charge on any atom is 0.406 e. The summed E-state index contributed by atoms with van der Waals surface area (Å²) >= 11 is 0. The predicted octanol–water partition coefficient (Wildman–Crippen LogP) is 2.75. The molecule has 4 rings (SSSR count). The average Bonchev–Trinajstić information content (AvgIpc) is 3.16. The van der Waals surface area contributed by atoms with Gasteiger partial charge < -0.3 is 10.3 Å². The first-order valence-electron chi connectivity index (χ1n) is 8.91. The molecule has 3 unspecified atom stereocenters. The van der Waals surface area contributed by atoms with Gasteiger partial charge in [0.15, 0.2) is 0 Å². The first-order chi connectivity index (χ1) is 13.2. The second-order valence-electron chi connectivity index (χ2n) is 7.15. The number of allylic oxidation sites excluding steroid dienone is 1. The minimum Gasteiger partial charge on any atom is -0.366 e. The number of hydrogen-bond donors (Lipinski definition) is 3. The second-order valence-corrected chi connectivity index (χ2v) is 7.15. The third kappa shape index (κ3) is 2.86. The molecule has 28 heavy (non-hydrogen) atoms. The summed E-state index contributed by atoms with van der Waals surface area (Å²) in [5.74, 6) is -1.18. The van der Waals surface area contributed by atoms with Gasteiger partial charge in [0.05, 0.1) is 11.6 Å². The molecule has 0 radical (unpaired) electrons. The Morgan fingerprint density at radius 2 is 1.79 bits per heavy atom. The zero-order valence-electron chi connectivity index (χ0n) is 15.6. The Hall–Kier alpha value is -2.81. The summed E-state index contributed by atoms with van der Waals surface area (Å²) in [6.45, 7) is 5.30. The normalized spacial score (nSPS) is 25.1. The van der Waals surface area contributed by atoms with E-state index in [2.05, 4.69) is 20.7 Å². The number of aromatic nitrogens is 2. The molecule has 0 aliphatic carbocycles. The van der Waals surface area contributed by atoms with Gasteiger partial charge in [0, 0.05) is 11.4 Å². The SMILES string of the molecule is CC1=C(c2nc(C)c(C)[nH]2)C(=O)N2NC(C(F)(F)F)C(c3ccccc3)C2N1. The standard InChI is InChI=1S/C19H20F3N5O/c1-9-10(2)24-16(23-9)13-11(3)25-17-14(12-7-5-4-6-8-12)15(19(20,21)22)26-27(17)18(13)28/h4-8,14-15,17,25-26H,1-3H3,(H,23,24). The number of aromatic amines is 1. The van der Waals surface area contributed by atoms with Crippen LogP contribution in [0.25, 0.3) is 5.57 Å². The van der Waals surface area contributed by atoms with Crippen LogP contribution in [0.1, 0.15) is 35.6 Å². The highest BCUT2D eigenvalue weighted by Gasteiger charge is 2.57. The fourth-order valence-corrected chi connectivity index (χ4v) is 3.84. The zero-order valence-corrected chi connectivity index (χ0v) is 15.6. The van der Waals surface area contributed by atoms with Gasteiger partial charge in [-0.2, -0.15) is 13.2 Å². The van der Waals surface area contributed by atoms with Gasteiger partial charge in [-0.15, -0.1) is 0 Å². The van der Waals surface area contributed by atoms with Gasteiger partial charge in [-0.3, -0.25) is 4.79 Å². The molecule has 1 fully saturated rings. The van der Waals surface area contributed by atoms with Crippen molar-refractivity contribution in [3.8, 4) is 0 Å². The van der Waals surface area contributed by atoms with Crippen LogP contribution in [0.4, 0.5) is 13.2 Å². The van der Waals surface area contributed by atoms with Gasteiger partial charge in [-0.1, -0.05) is 30.3 Å². The number of aryl methyl sites for hydroxylation is 2. The van der Waals surface area contributed by atoms with E-state index < -0.39 is 30.2 Å². The third-order valence-corrected chi connectivity index (χ3v) is 5.33. The molecule has 9 heteroatoms. The van der Waals surface area contributed by atoms with Crippen molar-refractivity contribution in [3.63, 3.8) is 0 Å². The van der Waals surface area contributed by atoms with Crippen molar-refractivity contribution in [1.82, 2.24) is 25.7 Å². The van der Waals surface area contributed by atoms with Crippen molar-refractivity contribution in [2.24, 2.45) is 0 Å². The number of benzene rings is 1. The maximum absolute atomic E-state index is 13.8. The number of carbonyl (C=O) groups excluding carboxylic acids is 1. The summed E-state index contributed by atoms with van der Waals surface area (Å²) in [6, 6.07) is 6.54. The van der Waals surface area contributed by atoms with Crippen LogP contribution < -0.4 is 10.7 Å². The molecular formula is C19H20F3N5O. The lowest BCUT2D eigenvalue weighted by atomic mass is 9.89. The molecule has 0 spiro atoms. The molecule has 3 atom stereocenters. The Morgan fingerprint density at radius 3 is 2.36 bits per heavy atom. The minimum atomic E-state index is -4.52. The number of halogens is 3. The Morgan fingerprint density at radius 1 is 1.11 bits per heavy atom. The van der Waals surface area contributed by atoms with E-state index >= 15 is 0 Å². The van der Waals surface area contributed by atoms with Gasteiger partial charge in [0.25, 0.3) is 5.91 Å². The van der Waals surface area contributed by atoms with Gasteiger partial charge in [0.1, 0.15) is 23.6 Å². The molecule has 3 heterocycles. The van der Waals surface area contributed by atoms with Gasteiger partial charge >= 0.3 is 6.18 Å². The molecule has 2 aliphatic rings. The third-order valence-electron chi connectivity index (χ3n) is 5.33. The topological polar surface area (TPSA) is 73.0 Å². The Labute approximate surface area is 159 Å². The van der Waals surface area contributed by atoms with E-state index in [-0.39, 0.29) is 5.57 Å². The Bertz CT molecular complexity index is 931. The van der Waals surface area contributed by atoms with Crippen LogP contribution in [-0.4, -0.2) is 39.3 Å². The van der Waals surface area contributed by atoms with E-state index in [4.69, 9.17) is 0 Å². The van der Waals surface area contributed by atoms with E-state index in [0.29, 0.717) is 17.1 Å². The van der Waals surface area contributed by atoms with Crippen LogP contribution >= 0.6 is 0 Å². The summed E-state index contributed by atoms with van der Waals surface area (Å²) < 4.78 is 41.3. The highest BCUT2D eigenvalue weighted by molar-refractivity contribution is 6.20. The van der Waals surface area contributed by atoms with Crippen LogP contribution in [0.15, 0.2) is 36.0 Å². The summed E-state index contributed by atoms with van der Waals surface area (Å²) in [5.41, 5.74) is 5.15. The van der Waals surface area contributed by atoms with Crippen molar-refractivity contribution >= 4 is 11.5 Å². The Kier molecular flexibility index (Phi) is 4.22. The predicted molar refractivity (Wildman–Crippen MR) is 96.6 cm³/mol. The molecule has 1 aromatic heterocycles. The first-order valence-corrected chi connectivity index (χ1v) is 8.91. The molecule has 2 aliphatic heterocycles. The maximum atomic E-state index is 13.8. The van der Waals surface area contributed by atoms with Gasteiger partial charge in [0.2, 0.25) is 0 Å². The fraction of sp³-hybridized carbons (Fsp3) is 0.368. The van der Waals surface area contributed by atoms with Gasteiger partial charge in [-0.25, -0.2) is 15.4 Å². The lowest BCUT2D eigenvalue weighted by molar-refractivity contribution is -0.161. The van der Waals surface area contributed by atoms with Crippen LogP contribution in [0.5, 0.6) is 0 Å². The second kappa shape index (κ2) is 6.37. The fourth-order valence-electron chi connectivity index (χ4n) is 3.84. The first kappa shape index (κ1) is 18.5. The molecule has 1 amide bonds. The van der Waals surface area contributed by atoms with E-state index in [1.54, 1.807) is 44.2 Å². The number of hydrogen-bond acceptors (Lipinski definition) is 4. The largest absolute Gasteiger partial charge is 0.406 e. The molecule has 1 saturated heterocycles. The summed E-state index contributed by atoms with van der Waals surface area (Å²) in [6.07, 6.45) is -5.38. The molecule has 148 valence electrons. The van der Waals surface area contributed by atoms with Crippen LogP contribution in [-0.2, 0) is 4.79 Å². The molecular weight excluding hydrogens is 371 g/mol. The molecule has 0 saturated carbocycles. The average molecular weight is 391 g/mol. The number of nitrogens with one attached hydrogen (secondary N) is 3. The molecule has 6 nitrogen and oxygen atoms in total. The van der Waals surface area contributed by atoms with Crippen LogP contribution in [0.2, 0.25) is 0 Å². The summed E-state index contributed by atoms with van der Waals surface area (Å²) in [4.78, 5) is 20.5. The van der Waals surface area contributed by atoms with Gasteiger partial charge in [-0.05, 0) is 26.3 Å². The number of rotatable bonds is 2. The monoisotopic (exact) mass is 391 g/mol. The number of amides is 1. The van der Waals surface area contributed by atoms with Crippen molar-refractivity contribution in [3.05, 3.63) is 58.8 Å². The highest BCUT2D eigenvalue weighted by Crippen LogP contribution is 2.42. The molecule has 3 N–H and O–H groups in total. The van der Waals surface area contributed by atoms with E-state index in [0.717, 1.165) is 16.4 Å². The van der Waals surface area contributed by atoms with E-state index in [1.165, 1.54) is 0 Å². The zero-order chi connectivity index (χ0) is 20.2. The summed E-state index contributed by atoms with van der Waals surface area (Å²) in [7, 11) is 0. The molecule has 2 aromatic rings.